The maximum absolute atomic E-state index is 12.4. The quantitative estimate of drug-likeness (QED) is 0.818. The maximum atomic E-state index is 12.4. The third-order valence-corrected chi connectivity index (χ3v) is 5.33. The second-order valence-corrected chi connectivity index (χ2v) is 6.95. The number of carbonyl (C=O) groups excluding carboxylic acids is 2. The minimum absolute atomic E-state index is 0.0918. The molecule has 2 aliphatic rings. The Morgan fingerprint density at radius 1 is 1.16 bits per heavy atom. The third-order valence-electron chi connectivity index (χ3n) is 5.33. The summed E-state index contributed by atoms with van der Waals surface area (Å²) < 4.78 is 0. The first-order chi connectivity index (χ1) is 12.1. The Morgan fingerprint density at radius 2 is 1.92 bits per heavy atom. The number of fused-ring (bicyclic) bond motifs is 1. The van der Waals surface area contributed by atoms with E-state index in [4.69, 9.17) is 0 Å². The molecule has 3 rings (SSSR count). The van der Waals surface area contributed by atoms with E-state index >= 15 is 0 Å². The molecular weight excluding hydrogens is 320 g/mol. The summed E-state index contributed by atoms with van der Waals surface area (Å²) in [4.78, 5) is 37.5. The van der Waals surface area contributed by atoms with Gasteiger partial charge in [0, 0.05) is 19.5 Å². The number of nitrogens with zero attached hydrogens (tertiary/aromatic N) is 1. The van der Waals surface area contributed by atoms with Crippen LogP contribution in [-0.2, 0) is 20.8 Å². The van der Waals surface area contributed by atoms with Crippen LogP contribution in [0.5, 0.6) is 0 Å². The van der Waals surface area contributed by atoms with Crippen molar-refractivity contribution in [2.45, 2.75) is 38.1 Å². The summed E-state index contributed by atoms with van der Waals surface area (Å²) in [5, 5.41) is 12.2. The van der Waals surface area contributed by atoms with Crippen molar-refractivity contribution >= 4 is 17.8 Å². The summed E-state index contributed by atoms with van der Waals surface area (Å²) in [7, 11) is 0. The molecule has 1 heterocycles. The number of nitrogens with one attached hydrogen (secondary N) is 1. The van der Waals surface area contributed by atoms with Crippen molar-refractivity contribution < 1.29 is 19.5 Å². The molecule has 2 amide bonds. The molecule has 2 N–H and O–H groups in total. The molecule has 6 heteroatoms. The van der Waals surface area contributed by atoms with Crippen LogP contribution in [0.3, 0.4) is 0 Å². The summed E-state index contributed by atoms with van der Waals surface area (Å²) in [5.74, 6) is -0.809. The molecule has 0 spiro atoms. The van der Waals surface area contributed by atoms with Crippen LogP contribution < -0.4 is 5.32 Å². The molecule has 0 aromatic heterocycles. The van der Waals surface area contributed by atoms with Crippen molar-refractivity contribution in [3.8, 4) is 0 Å². The van der Waals surface area contributed by atoms with Crippen molar-refractivity contribution in [2.75, 3.05) is 13.1 Å². The summed E-state index contributed by atoms with van der Waals surface area (Å²) in [5.41, 5.74) is 0.921. The van der Waals surface area contributed by atoms with Crippen LogP contribution in [0.4, 0.5) is 0 Å². The predicted octanol–water partition coefficient (Wildman–Crippen LogP) is 1.45. The van der Waals surface area contributed by atoms with Gasteiger partial charge in [0.1, 0.15) is 6.04 Å². The minimum Gasteiger partial charge on any atom is -0.480 e. The van der Waals surface area contributed by atoms with Gasteiger partial charge in [-0.1, -0.05) is 36.8 Å². The van der Waals surface area contributed by atoms with Crippen molar-refractivity contribution in [2.24, 2.45) is 11.8 Å². The van der Waals surface area contributed by atoms with Crippen LogP contribution >= 0.6 is 0 Å². The Hall–Kier alpha value is -2.37. The van der Waals surface area contributed by atoms with E-state index in [1.807, 2.05) is 30.3 Å². The number of likely N-dealkylation sites (tertiary alicyclic amines) is 1. The summed E-state index contributed by atoms with van der Waals surface area (Å²) in [6.07, 6.45) is 3.37. The van der Waals surface area contributed by atoms with E-state index in [2.05, 4.69) is 5.32 Å². The van der Waals surface area contributed by atoms with Gasteiger partial charge in [0.2, 0.25) is 11.8 Å². The average Bonchev–Trinajstić information content (AvgIpc) is 3.15. The molecule has 6 nitrogen and oxygen atoms in total. The van der Waals surface area contributed by atoms with Crippen molar-refractivity contribution in [3.05, 3.63) is 35.9 Å². The standard InChI is InChI=1S/C19H24N2O4/c22-16(11-13-5-2-1-3-6-13)20-10-9-17(23)21-12-14-7-4-8-15(14)18(21)19(24)25/h1-3,5-6,14-15,18H,4,7-12H2,(H,20,22)(H,24,25). The predicted molar refractivity (Wildman–Crippen MR) is 91.7 cm³/mol. The average molecular weight is 344 g/mol. The van der Waals surface area contributed by atoms with Gasteiger partial charge in [0.05, 0.1) is 6.42 Å². The number of rotatable bonds is 6. The van der Waals surface area contributed by atoms with Crippen molar-refractivity contribution in [1.29, 1.82) is 0 Å². The number of carboxylic acids is 1. The van der Waals surface area contributed by atoms with Gasteiger partial charge in [-0.2, -0.15) is 0 Å². The first-order valence-electron chi connectivity index (χ1n) is 8.89. The topological polar surface area (TPSA) is 86.7 Å². The van der Waals surface area contributed by atoms with Gasteiger partial charge in [-0.05, 0) is 30.2 Å². The molecule has 25 heavy (non-hydrogen) atoms. The van der Waals surface area contributed by atoms with E-state index in [0.717, 1.165) is 24.8 Å². The second kappa shape index (κ2) is 7.68. The summed E-state index contributed by atoms with van der Waals surface area (Å²) in [6, 6.07) is 8.71. The number of hydrogen-bond acceptors (Lipinski definition) is 3. The van der Waals surface area contributed by atoms with Crippen LogP contribution in [0.2, 0.25) is 0 Å². The molecule has 0 radical (unpaired) electrons. The van der Waals surface area contributed by atoms with Crippen molar-refractivity contribution in [1.82, 2.24) is 10.2 Å². The lowest BCUT2D eigenvalue weighted by molar-refractivity contribution is -0.149. The van der Waals surface area contributed by atoms with Crippen LogP contribution in [0, 0.1) is 11.8 Å². The van der Waals surface area contributed by atoms with Gasteiger partial charge in [0.25, 0.3) is 0 Å². The Morgan fingerprint density at radius 3 is 2.64 bits per heavy atom. The van der Waals surface area contributed by atoms with Gasteiger partial charge in [0.15, 0.2) is 0 Å². The monoisotopic (exact) mass is 344 g/mol. The minimum atomic E-state index is -0.907. The van der Waals surface area contributed by atoms with Gasteiger partial charge < -0.3 is 15.3 Å². The summed E-state index contributed by atoms with van der Waals surface area (Å²) >= 11 is 0. The van der Waals surface area contributed by atoms with E-state index in [1.165, 1.54) is 4.90 Å². The lowest BCUT2D eigenvalue weighted by Crippen LogP contribution is -2.44. The van der Waals surface area contributed by atoms with Crippen LogP contribution in [0.1, 0.15) is 31.2 Å². The smallest absolute Gasteiger partial charge is 0.326 e. The number of carbonyl (C=O) groups is 3. The van der Waals surface area contributed by atoms with Crippen LogP contribution in [-0.4, -0.2) is 46.9 Å². The fraction of sp³-hybridized carbons (Fsp3) is 0.526. The highest BCUT2D eigenvalue weighted by atomic mass is 16.4. The third kappa shape index (κ3) is 4.00. The maximum Gasteiger partial charge on any atom is 0.326 e. The second-order valence-electron chi connectivity index (χ2n) is 6.95. The normalized spacial score (nSPS) is 24.8. The molecule has 134 valence electrons. The zero-order chi connectivity index (χ0) is 17.8. The SMILES string of the molecule is O=C(Cc1ccccc1)NCCC(=O)N1CC2CCCC2C1C(=O)O. The lowest BCUT2D eigenvalue weighted by Gasteiger charge is -2.24. The number of hydrogen-bond donors (Lipinski definition) is 2. The summed E-state index contributed by atoms with van der Waals surface area (Å²) in [6.45, 7) is 0.779. The van der Waals surface area contributed by atoms with E-state index < -0.39 is 12.0 Å². The molecule has 3 atom stereocenters. The largest absolute Gasteiger partial charge is 0.480 e. The van der Waals surface area contributed by atoms with Crippen molar-refractivity contribution in [3.63, 3.8) is 0 Å². The van der Waals surface area contributed by atoms with Gasteiger partial charge in [-0.15, -0.1) is 0 Å². The van der Waals surface area contributed by atoms with Gasteiger partial charge >= 0.3 is 5.97 Å². The first kappa shape index (κ1) is 17.5. The van der Waals surface area contributed by atoms with E-state index in [9.17, 15) is 19.5 Å². The Balaban J connectivity index is 1.47. The van der Waals surface area contributed by atoms with E-state index in [0.29, 0.717) is 12.5 Å². The highest BCUT2D eigenvalue weighted by molar-refractivity contribution is 5.85. The molecule has 1 aromatic rings. The molecule has 1 saturated carbocycles. The zero-order valence-corrected chi connectivity index (χ0v) is 14.2. The molecule has 1 aliphatic heterocycles. The van der Waals surface area contributed by atoms with Crippen LogP contribution in [0.15, 0.2) is 30.3 Å². The number of aliphatic carboxylic acids is 1. The van der Waals surface area contributed by atoms with Gasteiger partial charge in [-0.3, -0.25) is 9.59 Å². The number of carboxylic acid groups (broad SMARTS) is 1. The molecule has 1 aromatic carbocycles. The Labute approximate surface area is 147 Å². The zero-order valence-electron chi connectivity index (χ0n) is 14.2. The Bertz CT molecular complexity index is 646. The highest BCUT2D eigenvalue weighted by Gasteiger charge is 2.49. The van der Waals surface area contributed by atoms with Gasteiger partial charge in [-0.25, -0.2) is 4.79 Å². The molecule has 1 saturated heterocycles. The fourth-order valence-corrected chi connectivity index (χ4v) is 4.17. The highest BCUT2D eigenvalue weighted by Crippen LogP contribution is 2.42. The Kier molecular flexibility index (Phi) is 5.36. The number of amides is 2. The number of benzene rings is 1. The van der Waals surface area contributed by atoms with E-state index in [1.54, 1.807) is 0 Å². The molecular formula is C19H24N2O4. The fourth-order valence-electron chi connectivity index (χ4n) is 4.17. The lowest BCUT2D eigenvalue weighted by atomic mass is 9.94. The molecule has 3 unspecified atom stereocenters. The molecule has 2 fully saturated rings. The molecule has 0 bridgehead atoms. The van der Waals surface area contributed by atoms with E-state index in [-0.39, 0.29) is 37.1 Å². The first-order valence-corrected chi connectivity index (χ1v) is 8.89. The molecule has 1 aliphatic carbocycles. The van der Waals surface area contributed by atoms with Crippen LogP contribution in [0.25, 0.3) is 0 Å².